The zero-order valence-electron chi connectivity index (χ0n) is 20.3. The molecule has 0 amide bonds. The van der Waals surface area contributed by atoms with Crippen LogP contribution < -0.4 is 5.32 Å². The normalized spacial score (nSPS) is 21.9. The highest BCUT2D eigenvalue weighted by molar-refractivity contribution is 7.08. The molecule has 0 fully saturated rings. The van der Waals surface area contributed by atoms with Crippen molar-refractivity contribution in [2.24, 2.45) is 5.92 Å². The number of thiophene rings is 1. The third-order valence-corrected chi connectivity index (χ3v) is 7.25. The summed E-state index contributed by atoms with van der Waals surface area (Å²) in [7, 11) is 0. The van der Waals surface area contributed by atoms with Crippen LogP contribution in [-0.4, -0.2) is 30.9 Å². The summed E-state index contributed by atoms with van der Waals surface area (Å²) in [6.07, 6.45) is 1.95. The summed E-state index contributed by atoms with van der Waals surface area (Å²) >= 11 is 1.51. The Labute approximate surface area is 210 Å². The summed E-state index contributed by atoms with van der Waals surface area (Å²) in [4.78, 5) is 40.6. The predicted octanol–water partition coefficient (Wildman–Crippen LogP) is 5.24. The lowest BCUT2D eigenvalue weighted by molar-refractivity contribution is -0.152. The fourth-order valence-corrected chi connectivity index (χ4v) is 5.82. The lowest BCUT2D eigenvalue weighted by Gasteiger charge is -2.39. The fraction of sp³-hybridized carbons (Fsp3) is 0.393. The van der Waals surface area contributed by atoms with E-state index in [0.29, 0.717) is 24.0 Å². The van der Waals surface area contributed by atoms with E-state index in [9.17, 15) is 14.4 Å². The van der Waals surface area contributed by atoms with E-state index in [1.165, 1.54) is 11.3 Å². The summed E-state index contributed by atoms with van der Waals surface area (Å²) in [5.41, 5.74) is 4.26. The van der Waals surface area contributed by atoms with Crippen LogP contribution in [0.2, 0.25) is 0 Å². The number of hydrogen-bond acceptors (Lipinski definition) is 7. The van der Waals surface area contributed by atoms with Gasteiger partial charge in [-0.2, -0.15) is 11.3 Å². The standard InChI is InChI=1S/C28H31NO5S/c1-4-10-20-25(28(32)34-6-3)22(18-13-14-35-16-18)24-21(29-20)15-19(17-11-8-7-9-12-17)23(26(24)30)27(31)33-5-2/h7-9,11-14,16,19,22-23,29H,4-6,10,15H2,1-3H3/t19-,22+,23+/m0/s1. The first-order valence-corrected chi connectivity index (χ1v) is 13.1. The number of allylic oxidation sites excluding steroid dienone is 3. The minimum absolute atomic E-state index is 0.191. The molecule has 3 atom stereocenters. The van der Waals surface area contributed by atoms with E-state index in [2.05, 4.69) is 12.2 Å². The van der Waals surface area contributed by atoms with Crippen molar-refractivity contribution in [1.82, 2.24) is 5.32 Å². The summed E-state index contributed by atoms with van der Waals surface area (Å²) in [5, 5.41) is 7.34. The summed E-state index contributed by atoms with van der Waals surface area (Å²) in [6, 6.07) is 11.6. The smallest absolute Gasteiger partial charge is 0.336 e. The minimum atomic E-state index is -0.977. The number of ether oxygens (including phenoxy) is 2. The molecule has 184 valence electrons. The first-order valence-electron chi connectivity index (χ1n) is 12.2. The second kappa shape index (κ2) is 11.0. The first-order chi connectivity index (χ1) is 17.0. The van der Waals surface area contributed by atoms with Gasteiger partial charge >= 0.3 is 11.9 Å². The van der Waals surface area contributed by atoms with Crippen LogP contribution in [0.25, 0.3) is 0 Å². The molecule has 1 aliphatic carbocycles. The highest BCUT2D eigenvalue weighted by Crippen LogP contribution is 2.48. The largest absolute Gasteiger partial charge is 0.465 e. The van der Waals surface area contributed by atoms with E-state index >= 15 is 0 Å². The Morgan fingerprint density at radius 1 is 1.03 bits per heavy atom. The average Bonchev–Trinajstić information content (AvgIpc) is 3.39. The number of Topliss-reactive ketones (excluding diaryl/α,β-unsaturated/α-hetero) is 1. The van der Waals surface area contributed by atoms with Crippen LogP contribution in [0.4, 0.5) is 0 Å². The molecule has 2 aliphatic rings. The van der Waals surface area contributed by atoms with Gasteiger partial charge in [0.15, 0.2) is 5.78 Å². The summed E-state index contributed by atoms with van der Waals surface area (Å²) in [6.45, 7) is 5.99. The Balaban J connectivity index is 1.89. The third-order valence-electron chi connectivity index (χ3n) is 6.54. The molecule has 0 bridgehead atoms. The van der Waals surface area contributed by atoms with Crippen molar-refractivity contribution < 1.29 is 23.9 Å². The Morgan fingerprint density at radius 3 is 2.40 bits per heavy atom. The van der Waals surface area contributed by atoms with E-state index in [1.807, 2.05) is 47.2 Å². The Morgan fingerprint density at radius 2 is 1.77 bits per heavy atom. The summed E-state index contributed by atoms with van der Waals surface area (Å²) in [5.74, 6) is -3.17. The van der Waals surface area contributed by atoms with Gasteiger partial charge in [0.1, 0.15) is 5.92 Å². The second-order valence-electron chi connectivity index (χ2n) is 8.68. The van der Waals surface area contributed by atoms with Crippen LogP contribution >= 0.6 is 11.3 Å². The van der Waals surface area contributed by atoms with Gasteiger partial charge in [0.2, 0.25) is 0 Å². The predicted molar refractivity (Wildman–Crippen MR) is 135 cm³/mol. The maximum atomic E-state index is 14.2. The number of nitrogens with one attached hydrogen (secondary N) is 1. The molecule has 7 heteroatoms. The maximum absolute atomic E-state index is 14.2. The number of carbonyl (C=O) groups excluding carboxylic acids is 3. The quantitative estimate of drug-likeness (QED) is 0.400. The molecule has 1 N–H and O–H groups in total. The van der Waals surface area contributed by atoms with Crippen LogP contribution in [0.1, 0.15) is 63.0 Å². The molecule has 2 heterocycles. The molecule has 2 aromatic rings. The number of ketones is 1. The van der Waals surface area contributed by atoms with E-state index < -0.39 is 23.8 Å². The van der Waals surface area contributed by atoms with E-state index in [0.717, 1.165) is 28.9 Å². The zero-order valence-corrected chi connectivity index (χ0v) is 21.2. The van der Waals surface area contributed by atoms with Crippen LogP contribution in [0.15, 0.2) is 69.7 Å². The van der Waals surface area contributed by atoms with Crippen molar-refractivity contribution in [2.45, 2.75) is 51.9 Å². The molecule has 6 nitrogen and oxygen atoms in total. The average molecular weight is 494 g/mol. The highest BCUT2D eigenvalue weighted by Gasteiger charge is 2.49. The zero-order chi connectivity index (χ0) is 24.9. The molecule has 0 unspecified atom stereocenters. The third kappa shape index (κ3) is 4.82. The van der Waals surface area contributed by atoms with Crippen molar-refractivity contribution >= 4 is 29.1 Å². The molecule has 1 aliphatic heterocycles. The van der Waals surface area contributed by atoms with Crippen molar-refractivity contribution in [1.29, 1.82) is 0 Å². The number of rotatable bonds is 8. The van der Waals surface area contributed by atoms with Gasteiger partial charge in [-0.1, -0.05) is 43.7 Å². The van der Waals surface area contributed by atoms with Gasteiger partial charge in [0.05, 0.1) is 18.8 Å². The molecule has 1 aromatic heterocycles. The van der Waals surface area contributed by atoms with Crippen molar-refractivity contribution in [3.63, 3.8) is 0 Å². The summed E-state index contributed by atoms with van der Waals surface area (Å²) < 4.78 is 10.8. The SMILES string of the molecule is CCCC1=C(C(=O)OCC)[C@H](c2ccsc2)C2=C(C[C@@H](c3ccccc3)[C@@H](C(=O)OCC)C2=O)N1. The Kier molecular flexibility index (Phi) is 7.86. The number of hydrogen-bond donors (Lipinski definition) is 1. The number of esters is 2. The molecular formula is C28H31NO5S. The Hall–Kier alpha value is -3.19. The van der Waals surface area contributed by atoms with E-state index in [-0.39, 0.29) is 24.9 Å². The van der Waals surface area contributed by atoms with Gasteiger partial charge in [0, 0.05) is 28.8 Å². The minimum Gasteiger partial charge on any atom is -0.465 e. The van der Waals surface area contributed by atoms with E-state index in [1.54, 1.807) is 13.8 Å². The van der Waals surface area contributed by atoms with E-state index in [4.69, 9.17) is 9.47 Å². The molecule has 1 aromatic carbocycles. The molecule has 0 radical (unpaired) electrons. The monoisotopic (exact) mass is 493 g/mol. The van der Waals surface area contributed by atoms with Crippen molar-refractivity contribution in [3.05, 3.63) is 80.8 Å². The number of carbonyl (C=O) groups is 3. The van der Waals surface area contributed by atoms with Crippen LogP contribution in [0.3, 0.4) is 0 Å². The van der Waals surface area contributed by atoms with Gasteiger partial charge in [-0.25, -0.2) is 4.79 Å². The Bertz CT molecular complexity index is 1150. The molecule has 0 saturated heterocycles. The first kappa shape index (κ1) is 24.9. The van der Waals surface area contributed by atoms with Crippen molar-refractivity contribution in [2.75, 3.05) is 13.2 Å². The molecule has 0 saturated carbocycles. The molecule has 4 rings (SSSR count). The van der Waals surface area contributed by atoms with Crippen molar-refractivity contribution in [3.8, 4) is 0 Å². The fourth-order valence-electron chi connectivity index (χ4n) is 5.13. The van der Waals surface area contributed by atoms with Gasteiger partial charge in [-0.05, 0) is 54.6 Å². The molecule has 0 spiro atoms. The van der Waals surface area contributed by atoms with Crippen LogP contribution in [-0.2, 0) is 23.9 Å². The topological polar surface area (TPSA) is 81.7 Å². The maximum Gasteiger partial charge on any atom is 0.336 e. The highest BCUT2D eigenvalue weighted by atomic mass is 32.1. The van der Waals surface area contributed by atoms with Gasteiger partial charge in [-0.15, -0.1) is 0 Å². The van der Waals surface area contributed by atoms with Gasteiger partial charge in [0.25, 0.3) is 0 Å². The lowest BCUT2D eigenvalue weighted by atomic mass is 9.67. The lowest BCUT2D eigenvalue weighted by Crippen LogP contribution is -2.43. The van der Waals surface area contributed by atoms with Gasteiger partial charge < -0.3 is 14.8 Å². The van der Waals surface area contributed by atoms with Crippen LogP contribution in [0, 0.1) is 5.92 Å². The number of dihydropyridines is 1. The second-order valence-corrected chi connectivity index (χ2v) is 9.46. The molecular weight excluding hydrogens is 462 g/mol. The van der Waals surface area contributed by atoms with Gasteiger partial charge in [-0.3, -0.25) is 9.59 Å². The molecule has 35 heavy (non-hydrogen) atoms. The number of benzene rings is 1. The van der Waals surface area contributed by atoms with Crippen LogP contribution in [0.5, 0.6) is 0 Å².